The van der Waals surface area contributed by atoms with Crippen LogP contribution in [0.1, 0.15) is 41.4 Å². The number of esters is 1. The Labute approximate surface area is 181 Å². The standard InChI is InChI=1S/C24H15NO7/c26-19(14-8-9-20-21(11-14)32-13-31-20)12-30-24(29)15-4-3-5-16(10-15)25-22(27)17-6-1-2-7-18(17)23(25)28/h1-11H,12-13H2. The topological polar surface area (TPSA) is 99.2 Å². The SMILES string of the molecule is O=C(COC(=O)c1cccc(N2C(=O)c3ccccc3C2=O)c1)c1ccc2c(c1)OCO2. The van der Waals surface area contributed by atoms with Crippen LogP contribution in [0.4, 0.5) is 5.69 Å². The fourth-order valence-electron chi connectivity index (χ4n) is 3.56. The van der Waals surface area contributed by atoms with Crippen LogP contribution in [0.15, 0.2) is 66.7 Å². The Kier molecular flexibility index (Phi) is 4.67. The zero-order chi connectivity index (χ0) is 22.2. The Morgan fingerprint density at radius 2 is 1.53 bits per heavy atom. The Hall–Kier alpha value is -4.46. The van der Waals surface area contributed by atoms with Crippen molar-refractivity contribution in [2.75, 3.05) is 18.3 Å². The minimum Gasteiger partial charge on any atom is -0.454 e. The maximum absolute atomic E-state index is 12.7. The summed E-state index contributed by atoms with van der Waals surface area (Å²) >= 11 is 0. The van der Waals surface area contributed by atoms with Crippen LogP contribution in [-0.2, 0) is 4.74 Å². The second-order valence-electron chi connectivity index (χ2n) is 7.11. The van der Waals surface area contributed by atoms with Crippen LogP contribution in [0.3, 0.4) is 0 Å². The van der Waals surface area contributed by atoms with Crippen molar-refractivity contribution in [2.45, 2.75) is 0 Å². The van der Waals surface area contributed by atoms with Gasteiger partial charge >= 0.3 is 5.97 Å². The van der Waals surface area contributed by atoms with Gasteiger partial charge in [-0.1, -0.05) is 18.2 Å². The number of ether oxygens (including phenoxy) is 3. The van der Waals surface area contributed by atoms with Gasteiger partial charge in [-0.3, -0.25) is 14.4 Å². The molecular formula is C24H15NO7. The average Bonchev–Trinajstić information content (AvgIpc) is 3.39. The number of hydrogen-bond acceptors (Lipinski definition) is 7. The van der Waals surface area contributed by atoms with Crippen molar-refractivity contribution in [1.82, 2.24) is 0 Å². The lowest BCUT2D eigenvalue weighted by Crippen LogP contribution is -2.29. The summed E-state index contributed by atoms with van der Waals surface area (Å²) < 4.78 is 15.6. The van der Waals surface area contributed by atoms with Gasteiger partial charge < -0.3 is 14.2 Å². The van der Waals surface area contributed by atoms with Gasteiger partial charge in [0.15, 0.2) is 23.9 Å². The monoisotopic (exact) mass is 429 g/mol. The highest BCUT2D eigenvalue weighted by molar-refractivity contribution is 6.34. The van der Waals surface area contributed by atoms with Crippen molar-refractivity contribution in [3.63, 3.8) is 0 Å². The summed E-state index contributed by atoms with van der Waals surface area (Å²) in [5.74, 6) is -1.09. The van der Waals surface area contributed by atoms with Crippen LogP contribution in [0.25, 0.3) is 0 Å². The van der Waals surface area contributed by atoms with E-state index < -0.39 is 30.2 Å². The molecule has 3 aromatic carbocycles. The maximum atomic E-state index is 12.7. The van der Waals surface area contributed by atoms with Crippen LogP contribution in [0.5, 0.6) is 11.5 Å². The van der Waals surface area contributed by atoms with Gasteiger partial charge in [0.1, 0.15) is 0 Å². The van der Waals surface area contributed by atoms with Gasteiger partial charge in [-0.2, -0.15) is 0 Å². The van der Waals surface area contributed by atoms with E-state index in [1.165, 1.54) is 24.3 Å². The number of Topliss-reactive ketones (excluding diaryl/α,β-unsaturated/α-hetero) is 1. The highest BCUT2D eigenvalue weighted by Crippen LogP contribution is 2.33. The molecule has 8 nitrogen and oxygen atoms in total. The summed E-state index contributed by atoms with van der Waals surface area (Å²) in [6.07, 6.45) is 0. The zero-order valence-corrected chi connectivity index (χ0v) is 16.6. The van der Waals surface area contributed by atoms with E-state index in [1.807, 2.05) is 0 Å². The summed E-state index contributed by atoms with van der Waals surface area (Å²) in [4.78, 5) is 51.3. The summed E-state index contributed by atoms with van der Waals surface area (Å²) in [6, 6.07) is 17.2. The van der Waals surface area contributed by atoms with E-state index in [0.717, 1.165) is 4.90 Å². The van der Waals surface area contributed by atoms with Gasteiger partial charge in [0.05, 0.1) is 22.4 Å². The lowest BCUT2D eigenvalue weighted by atomic mass is 10.1. The molecule has 158 valence electrons. The number of carbonyl (C=O) groups excluding carboxylic acids is 4. The molecule has 5 rings (SSSR count). The highest BCUT2D eigenvalue weighted by atomic mass is 16.7. The number of rotatable bonds is 5. The van der Waals surface area contributed by atoms with Crippen molar-refractivity contribution in [2.24, 2.45) is 0 Å². The molecule has 0 fully saturated rings. The van der Waals surface area contributed by atoms with Gasteiger partial charge in [-0.15, -0.1) is 0 Å². The van der Waals surface area contributed by atoms with Gasteiger partial charge in [0.25, 0.3) is 11.8 Å². The number of imide groups is 1. The minimum absolute atomic E-state index is 0.0887. The fraction of sp³-hybridized carbons (Fsp3) is 0.0833. The van der Waals surface area contributed by atoms with Gasteiger partial charge in [-0.25, -0.2) is 9.69 Å². The van der Waals surface area contributed by atoms with E-state index in [0.29, 0.717) is 28.2 Å². The van der Waals surface area contributed by atoms with E-state index in [4.69, 9.17) is 14.2 Å². The second-order valence-corrected chi connectivity index (χ2v) is 7.11. The first-order chi connectivity index (χ1) is 15.5. The molecule has 0 bridgehead atoms. The maximum Gasteiger partial charge on any atom is 0.338 e. The van der Waals surface area contributed by atoms with Crippen molar-refractivity contribution in [3.8, 4) is 11.5 Å². The largest absolute Gasteiger partial charge is 0.454 e. The molecule has 0 radical (unpaired) electrons. The van der Waals surface area contributed by atoms with Crippen molar-refractivity contribution in [1.29, 1.82) is 0 Å². The van der Waals surface area contributed by atoms with E-state index in [9.17, 15) is 19.2 Å². The number of hydrogen-bond donors (Lipinski definition) is 0. The van der Waals surface area contributed by atoms with Gasteiger partial charge in [0.2, 0.25) is 6.79 Å². The molecule has 0 unspecified atom stereocenters. The van der Waals surface area contributed by atoms with E-state index >= 15 is 0 Å². The van der Waals surface area contributed by atoms with Crippen molar-refractivity contribution < 1.29 is 33.4 Å². The van der Waals surface area contributed by atoms with E-state index in [1.54, 1.807) is 42.5 Å². The lowest BCUT2D eigenvalue weighted by Gasteiger charge is -2.14. The molecule has 8 heteroatoms. The van der Waals surface area contributed by atoms with Crippen molar-refractivity contribution >= 4 is 29.3 Å². The summed E-state index contributed by atoms with van der Waals surface area (Å²) in [5, 5.41) is 0. The Bertz CT molecular complexity index is 1260. The molecule has 0 spiro atoms. The molecule has 0 saturated carbocycles. The average molecular weight is 429 g/mol. The smallest absolute Gasteiger partial charge is 0.338 e. The number of fused-ring (bicyclic) bond motifs is 2. The summed E-state index contributed by atoms with van der Waals surface area (Å²) in [5.41, 5.74) is 1.28. The van der Waals surface area contributed by atoms with Crippen LogP contribution in [-0.4, -0.2) is 37.0 Å². The van der Waals surface area contributed by atoms with Crippen LogP contribution in [0, 0.1) is 0 Å². The van der Waals surface area contributed by atoms with Crippen LogP contribution < -0.4 is 14.4 Å². The molecule has 32 heavy (non-hydrogen) atoms. The van der Waals surface area contributed by atoms with E-state index in [2.05, 4.69) is 0 Å². The third-order valence-corrected chi connectivity index (χ3v) is 5.16. The number of benzene rings is 3. The molecule has 2 heterocycles. The molecular weight excluding hydrogens is 414 g/mol. The first-order valence-corrected chi connectivity index (χ1v) is 9.71. The van der Waals surface area contributed by atoms with Crippen molar-refractivity contribution in [3.05, 3.63) is 89.0 Å². The number of carbonyl (C=O) groups is 4. The molecule has 0 aromatic heterocycles. The third kappa shape index (κ3) is 3.27. The number of ketones is 1. The van der Waals surface area contributed by atoms with Gasteiger partial charge in [-0.05, 0) is 48.5 Å². The lowest BCUT2D eigenvalue weighted by molar-refractivity contribution is 0.0474. The van der Waals surface area contributed by atoms with Crippen LogP contribution >= 0.6 is 0 Å². The Morgan fingerprint density at radius 3 is 2.28 bits per heavy atom. The third-order valence-electron chi connectivity index (χ3n) is 5.16. The normalized spacial score (nSPS) is 13.8. The Balaban J connectivity index is 1.30. The molecule has 0 N–H and O–H groups in total. The van der Waals surface area contributed by atoms with Gasteiger partial charge in [0, 0.05) is 5.56 Å². The second kappa shape index (κ2) is 7.66. The number of amides is 2. The van der Waals surface area contributed by atoms with Crippen LogP contribution in [0.2, 0.25) is 0 Å². The Morgan fingerprint density at radius 1 is 0.812 bits per heavy atom. The fourth-order valence-corrected chi connectivity index (χ4v) is 3.56. The first kappa shape index (κ1) is 19.5. The minimum atomic E-state index is -0.752. The zero-order valence-electron chi connectivity index (χ0n) is 16.6. The molecule has 2 aliphatic heterocycles. The number of anilines is 1. The van der Waals surface area contributed by atoms with E-state index in [-0.39, 0.29) is 18.0 Å². The molecule has 3 aromatic rings. The predicted molar refractivity (Wildman–Crippen MR) is 111 cm³/mol. The summed E-state index contributed by atoms with van der Waals surface area (Å²) in [6.45, 7) is -0.388. The summed E-state index contributed by atoms with van der Waals surface area (Å²) in [7, 11) is 0. The predicted octanol–water partition coefficient (Wildman–Crippen LogP) is 3.26. The molecule has 0 aliphatic carbocycles. The quantitative estimate of drug-likeness (QED) is 0.349. The molecule has 2 amide bonds. The molecule has 0 atom stereocenters. The molecule has 2 aliphatic rings. The first-order valence-electron chi connectivity index (χ1n) is 9.71. The molecule has 0 saturated heterocycles. The number of nitrogens with zero attached hydrogens (tertiary/aromatic N) is 1. The highest BCUT2D eigenvalue weighted by Gasteiger charge is 2.36.